The summed E-state index contributed by atoms with van der Waals surface area (Å²) in [5, 5.41) is 3.33. The third-order valence-corrected chi connectivity index (χ3v) is 6.36. The van der Waals surface area contributed by atoms with Gasteiger partial charge in [0, 0.05) is 31.4 Å². The van der Waals surface area contributed by atoms with Gasteiger partial charge >= 0.3 is 0 Å². The van der Waals surface area contributed by atoms with Crippen LogP contribution >= 0.6 is 11.3 Å². The van der Waals surface area contributed by atoms with Crippen LogP contribution in [0.15, 0.2) is 17.2 Å². The van der Waals surface area contributed by atoms with Gasteiger partial charge in [-0.2, -0.15) is 0 Å². The Kier molecular flexibility index (Phi) is 4.59. The van der Waals surface area contributed by atoms with Crippen LogP contribution in [-0.2, 0) is 16.1 Å². The predicted octanol–water partition coefficient (Wildman–Crippen LogP) is 2.43. The number of aromatic nitrogens is 1. The fraction of sp³-hybridized carbons (Fsp3) is 0.667. The van der Waals surface area contributed by atoms with Crippen LogP contribution in [0.2, 0.25) is 0 Å². The Labute approximate surface area is 147 Å². The Morgan fingerprint density at radius 1 is 1.33 bits per heavy atom. The van der Waals surface area contributed by atoms with E-state index < -0.39 is 0 Å². The number of ether oxygens (including phenoxy) is 1. The van der Waals surface area contributed by atoms with Crippen LogP contribution in [0.3, 0.4) is 0 Å². The van der Waals surface area contributed by atoms with Crippen LogP contribution < -0.4 is 0 Å². The van der Waals surface area contributed by atoms with Crippen LogP contribution in [0.1, 0.15) is 30.0 Å². The first kappa shape index (κ1) is 16.1. The molecule has 2 fully saturated rings. The monoisotopic (exact) mass is 347 g/mol. The van der Waals surface area contributed by atoms with Gasteiger partial charge in [0.05, 0.1) is 29.1 Å². The van der Waals surface area contributed by atoms with E-state index in [4.69, 9.17) is 4.74 Å². The van der Waals surface area contributed by atoms with Gasteiger partial charge in [0.15, 0.2) is 0 Å². The summed E-state index contributed by atoms with van der Waals surface area (Å²) in [4.78, 5) is 21.7. The summed E-state index contributed by atoms with van der Waals surface area (Å²) in [7, 11) is 0. The molecule has 0 spiro atoms. The number of nitrogens with zero attached hydrogens (tertiary/aromatic N) is 3. The summed E-state index contributed by atoms with van der Waals surface area (Å²) in [6.07, 6.45) is 4.81. The number of carbonyl (C=O) groups is 1. The molecule has 4 heterocycles. The van der Waals surface area contributed by atoms with E-state index >= 15 is 0 Å². The van der Waals surface area contributed by atoms with Crippen molar-refractivity contribution in [1.29, 1.82) is 0 Å². The van der Waals surface area contributed by atoms with Gasteiger partial charge in [-0.1, -0.05) is 0 Å². The molecule has 0 N–H and O–H groups in total. The van der Waals surface area contributed by atoms with E-state index in [9.17, 15) is 4.79 Å². The number of carbonyl (C=O) groups excluding carboxylic acids is 1. The molecule has 24 heavy (non-hydrogen) atoms. The average molecular weight is 347 g/mol. The highest BCUT2D eigenvalue weighted by molar-refractivity contribution is 7.09. The van der Waals surface area contributed by atoms with E-state index in [0.717, 1.165) is 49.7 Å². The lowest BCUT2D eigenvalue weighted by molar-refractivity contribution is -0.126. The van der Waals surface area contributed by atoms with Crippen LogP contribution in [0.25, 0.3) is 0 Å². The lowest BCUT2D eigenvalue weighted by Crippen LogP contribution is -2.31. The number of fused-ring (bicyclic) bond motifs is 1. The van der Waals surface area contributed by atoms with Crippen molar-refractivity contribution in [1.82, 2.24) is 14.8 Å². The van der Waals surface area contributed by atoms with E-state index in [0.29, 0.717) is 18.4 Å². The highest BCUT2D eigenvalue weighted by atomic mass is 32.1. The molecule has 1 aromatic heterocycles. The van der Waals surface area contributed by atoms with Crippen molar-refractivity contribution in [2.24, 2.45) is 11.8 Å². The molecular weight excluding hydrogens is 322 g/mol. The molecule has 0 unspecified atom stereocenters. The molecule has 6 heteroatoms. The van der Waals surface area contributed by atoms with E-state index in [1.807, 2.05) is 0 Å². The number of hydrogen-bond acceptors (Lipinski definition) is 5. The van der Waals surface area contributed by atoms with Crippen molar-refractivity contribution in [3.8, 4) is 0 Å². The van der Waals surface area contributed by atoms with Crippen molar-refractivity contribution >= 4 is 17.2 Å². The van der Waals surface area contributed by atoms with Crippen molar-refractivity contribution in [2.75, 3.05) is 32.8 Å². The Hall–Kier alpha value is -1.40. The molecule has 3 aliphatic heterocycles. The molecule has 1 amide bonds. The molecule has 5 nitrogen and oxygen atoms in total. The molecule has 0 aromatic carbocycles. The summed E-state index contributed by atoms with van der Waals surface area (Å²) < 4.78 is 5.23. The minimum atomic E-state index is 0.204. The molecule has 0 bridgehead atoms. The zero-order valence-corrected chi connectivity index (χ0v) is 15.1. The Bertz CT molecular complexity index is 626. The van der Waals surface area contributed by atoms with E-state index in [1.165, 1.54) is 18.5 Å². The standard InChI is InChI=1S/C18H25N3O2S/c1-13-19-17(12-24-13)10-20-5-2-14-8-21(9-15(14)3-6-20)18(22)16-4-7-23-11-16/h11-12,14-15H,2-10H2,1H3/t14-,15+. The molecule has 3 aliphatic rings. The number of aryl methyl sites for hydroxylation is 1. The molecule has 2 atom stereocenters. The normalized spacial score (nSPS) is 27.5. The van der Waals surface area contributed by atoms with Gasteiger partial charge in [-0.05, 0) is 44.7 Å². The van der Waals surface area contributed by atoms with Gasteiger partial charge in [-0.25, -0.2) is 4.98 Å². The molecule has 0 saturated carbocycles. The Morgan fingerprint density at radius 3 is 2.67 bits per heavy atom. The van der Waals surface area contributed by atoms with Crippen molar-refractivity contribution in [3.05, 3.63) is 27.9 Å². The number of rotatable bonds is 3. The predicted molar refractivity (Wildman–Crippen MR) is 93.6 cm³/mol. The first-order valence-corrected chi connectivity index (χ1v) is 9.80. The van der Waals surface area contributed by atoms with Gasteiger partial charge in [0.25, 0.3) is 5.91 Å². The lowest BCUT2D eigenvalue weighted by atomic mass is 9.92. The quantitative estimate of drug-likeness (QED) is 0.842. The highest BCUT2D eigenvalue weighted by Gasteiger charge is 2.37. The zero-order chi connectivity index (χ0) is 16.5. The Morgan fingerprint density at radius 2 is 2.08 bits per heavy atom. The van der Waals surface area contributed by atoms with Gasteiger partial charge in [-0.15, -0.1) is 11.3 Å². The molecule has 1 aromatic rings. The molecule has 0 radical (unpaired) electrons. The van der Waals surface area contributed by atoms with E-state index in [-0.39, 0.29) is 5.91 Å². The average Bonchev–Trinajstić information content (AvgIpc) is 3.29. The second-order valence-electron chi connectivity index (χ2n) is 7.21. The van der Waals surface area contributed by atoms with Crippen molar-refractivity contribution < 1.29 is 9.53 Å². The maximum Gasteiger partial charge on any atom is 0.253 e. The van der Waals surface area contributed by atoms with Crippen molar-refractivity contribution in [3.63, 3.8) is 0 Å². The minimum absolute atomic E-state index is 0.204. The topological polar surface area (TPSA) is 45.7 Å². The third-order valence-electron chi connectivity index (χ3n) is 5.54. The molecule has 0 aliphatic carbocycles. The van der Waals surface area contributed by atoms with Crippen molar-refractivity contribution in [2.45, 2.75) is 32.7 Å². The number of amides is 1. The molecular formula is C18H25N3O2S. The Balaban J connectivity index is 1.32. The fourth-order valence-corrected chi connectivity index (χ4v) is 4.79. The summed E-state index contributed by atoms with van der Waals surface area (Å²) in [5.74, 6) is 1.51. The van der Waals surface area contributed by atoms with Crippen LogP contribution in [0.4, 0.5) is 0 Å². The zero-order valence-electron chi connectivity index (χ0n) is 14.2. The van der Waals surface area contributed by atoms with Crippen LogP contribution in [-0.4, -0.2) is 53.5 Å². The molecule has 2 saturated heterocycles. The van der Waals surface area contributed by atoms with Gasteiger partial charge in [-0.3, -0.25) is 9.69 Å². The third kappa shape index (κ3) is 3.35. The second kappa shape index (κ2) is 6.84. The lowest BCUT2D eigenvalue weighted by Gasteiger charge is -2.21. The first-order valence-electron chi connectivity index (χ1n) is 8.92. The molecule has 4 rings (SSSR count). The number of hydrogen-bond donors (Lipinski definition) is 0. The van der Waals surface area contributed by atoms with Crippen LogP contribution in [0.5, 0.6) is 0 Å². The number of thiazole rings is 1. The minimum Gasteiger partial charge on any atom is -0.500 e. The SMILES string of the molecule is Cc1nc(CN2CC[C@@H]3CN(C(=O)C4=COCC4)C[C@@H]3CC2)cs1. The van der Waals surface area contributed by atoms with Gasteiger partial charge in [0.1, 0.15) is 0 Å². The summed E-state index contributed by atoms with van der Waals surface area (Å²) in [5.41, 5.74) is 2.06. The second-order valence-corrected chi connectivity index (χ2v) is 8.27. The number of likely N-dealkylation sites (tertiary alicyclic amines) is 2. The van der Waals surface area contributed by atoms with E-state index in [1.54, 1.807) is 17.6 Å². The summed E-state index contributed by atoms with van der Waals surface area (Å²) in [6.45, 7) is 7.77. The van der Waals surface area contributed by atoms with E-state index in [2.05, 4.69) is 27.1 Å². The van der Waals surface area contributed by atoms with Gasteiger partial charge < -0.3 is 9.64 Å². The maximum absolute atomic E-state index is 12.5. The highest BCUT2D eigenvalue weighted by Crippen LogP contribution is 2.33. The van der Waals surface area contributed by atoms with Crippen LogP contribution in [0, 0.1) is 18.8 Å². The fourth-order valence-electron chi connectivity index (χ4n) is 4.18. The molecule has 130 valence electrons. The van der Waals surface area contributed by atoms with Gasteiger partial charge in [0.2, 0.25) is 0 Å². The smallest absolute Gasteiger partial charge is 0.253 e. The summed E-state index contributed by atoms with van der Waals surface area (Å²) >= 11 is 1.73. The summed E-state index contributed by atoms with van der Waals surface area (Å²) in [6, 6.07) is 0. The first-order chi connectivity index (χ1) is 11.7. The largest absolute Gasteiger partial charge is 0.500 e. The maximum atomic E-state index is 12.5.